The molecule has 1 heterocycles. The van der Waals surface area contributed by atoms with Crippen molar-refractivity contribution in [3.8, 4) is 62.2 Å². The molecule has 266 valence electrons. The number of rotatable bonds is 7. The largest absolute Gasteiger partial charge is 0.227 e. The van der Waals surface area contributed by atoms with Crippen molar-refractivity contribution in [2.45, 2.75) is 5.41 Å². The molecule has 0 amide bonds. The third kappa shape index (κ3) is 5.50. The summed E-state index contributed by atoms with van der Waals surface area (Å²) in [6, 6.07) is 70.4. The number of benzene rings is 8. The highest BCUT2D eigenvalue weighted by Gasteiger charge is 2.47. The molecule has 0 saturated carbocycles. The van der Waals surface area contributed by atoms with Gasteiger partial charge in [0.1, 0.15) is 0 Å². The smallest absolute Gasteiger partial charge is 0.160 e. The van der Waals surface area contributed by atoms with Crippen LogP contribution in [-0.4, -0.2) is 9.97 Å². The van der Waals surface area contributed by atoms with Crippen molar-refractivity contribution in [1.82, 2.24) is 9.97 Å². The Morgan fingerprint density at radius 1 is 0.474 bits per heavy atom. The van der Waals surface area contributed by atoms with E-state index < -0.39 is 5.41 Å². The molecule has 9 aromatic rings. The Morgan fingerprint density at radius 2 is 1.04 bits per heavy atom. The molecule has 1 aliphatic carbocycles. The summed E-state index contributed by atoms with van der Waals surface area (Å²) in [6.45, 7) is 4.29. The van der Waals surface area contributed by atoms with Crippen LogP contribution in [-0.2, 0) is 5.41 Å². The third-order valence-electron chi connectivity index (χ3n) is 11.4. The van der Waals surface area contributed by atoms with Crippen LogP contribution in [0.4, 0.5) is 0 Å². The van der Waals surface area contributed by atoms with Gasteiger partial charge in [-0.05, 0) is 74.0 Å². The van der Waals surface area contributed by atoms with Crippen molar-refractivity contribution in [3.63, 3.8) is 0 Å². The van der Waals surface area contributed by atoms with E-state index in [9.17, 15) is 5.26 Å². The second-order valence-electron chi connectivity index (χ2n) is 14.5. The SMILES string of the molecule is C=Cc1c(-c2cccc(-c3ccc4c(c3)C(c3ccccc3)(c3ccccc3)c3cccc(C#N)c3-4)c2)nc(-c2ccccc2)nc1-c1ccc2ccccc2c1. The van der Waals surface area contributed by atoms with E-state index in [1.165, 1.54) is 5.39 Å². The lowest BCUT2D eigenvalue weighted by Crippen LogP contribution is -2.28. The van der Waals surface area contributed by atoms with Crippen LogP contribution in [0.2, 0.25) is 0 Å². The molecule has 57 heavy (non-hydrogen) atoms. The summed E-state index contributed by atoms with van der Waals surface area (Å²) in [5.41, 5.74) is 14.3. The molecular weight excluding hydrogens is 691 g/mol. The van der Waals surface area contributed by atoms with Gasteiger partial charge in [-0.25, -0.2) is 9.97 Å². The lowest BCUT2D eigenvalue weighted by Gasteiger charge is -2.34. The first-order chi connectivity index (χ1) is 28.2. The number of aromatic nitrogens is 2. The van der Waals surface area contributed by atoms with Gasteiger partial charge in [-0.1, -0.05) is 183 Å². The molecule has 0 radical (unpaired) electrons. The van der Waals surface area contributed by atoms with E-state index in [2.05, 4.69) is 176 Å². The second-order valence-corrected chi connectivity index (χ2v) is 14.5. The monoisotopic (exact) mass is 725 g/mol. The summed E-state index contributed by atoms with van der Waals surface area (Å²) in [5.74, 6) is 0.656. The molecule has 0 atom stereocenters. The zero-order valence-corrected chi connectivity index (χ0v) is 31.1. The van der Waals surface area contributed by atoms with Gasteiger partial charge in [-0.15, -0.1) is 0 Å². The molecule has 10 rings (SSSR count). The van der Waals surface area contributed by atoms with E-state index in [0.717, 1.165) is 83.5 Å². The minimum absolute atomic E-state index is 0.629. The van der Waals surface area contributed by atoms with E-state index in [0.29, 0.717) is 11.4 Å². The van der Waals surface area contributed by atoms with Gasteiger partial charge in [0.05, 0.1) is 28.4 Å². The van der Waals surface area contributed by atoms with Crippen molar-refractivity contribution >= 4 is 16.8 Å². The normalized spacial score (nSPS) is 12.4. The first-order valence-corrected chi connectivity index (χ1v) is 19.2. The second kappa shape index (κ2) is 13.9. The number of fused-ring (bicyclic) bond motifs is 4. The Kier molecular flexibility index (Phi) is 8.24. The minimum atomic E-state index is -0.629. The van der Waals surface area contributed by atoms with Crippen LogP contribution in [0, 0.1) is 11.3 Å². The number of hydrogen-bond acceptors (Lipinski definition) is 3. The van der Waals surface area contributed by atoms with Crippen molar-refractivity contribution in [2.24, 2.45) is 0 Å². The van der Waals surface area contributed by atoms with Crippen LogP contribution < -0.4 is 0 Å². The molecule has 3 nitrogen and oxygen atoms in total. The van der Waals surface area contributed by atoms with E-state index in [4.69, 9.17) is 9.97 Å². The Labute approximate surface area is 332 Å². The van der Waals surface area contributed by atoms with Gasteiger partial charge < -0.3 is 0 Å². The molecule has 1 aromatic heterocycles. The average molecular weight is 726 g/mol. The Balaban J connectivity index is 1.19. The highest BCUT2D eigenvalue weighted by atomic mass is 14.9. The standard InChI is InChI=1S/C54H35N3/c1-2-46-51(56-53(37-17-6-3-7-18-37)57-52(46)42-29-28-36-16-12-13-19-38(36)32-42)41-21-14-20-39(33-41)40-30-31-47-49(34-40)54(44-23-8-4-9-24-44,45-25-10-5-11-26-45)48-27-15-22-43(35-55)50(47)48/h2-34H,1H2. The molecule has 0 aliphatic heterocycles. The molecule has 8 aromatic carbocycles. The number of hydrogen-bond donors (Lipinski definition) is 0. The predicted octanol–water partition coefficient (Wildman–Crippen LogP) is 13.2. The Morgan fingerprint density at radius 3 is 1.72 bits per heavy atom. The minimum Gasteiger partial charge on any atom is -0.227 e. The van der Waals surface area contributed by atoms with Gasteiger partial charge in [0.15, 0.2) is 5.82 Å². The lowest BCUT2D eigenvalue weighted by molar-refractivity contribution is 0.768. The zero-order valence-electron chi connectivity index (χ0n) is 31.1. The maximum absolute atomic E-state index is 10.4. The predicted molar refractivity (Wildman–Crippen MR) is 233 cm³/mol. The van der Waals surface area contributed by atoms with Gasteiger partial charge >= 0.3 is 0 Å². The Hall–Kier alpha value is -7.67. The molecule has 0 saturated heterocycles. The van der Waals surface area contributed by atoms with Gasteiger partial charge in [0, 0.05) is 27.8 Å². The number of nitriles is 1. The molecule has 0 N–H and O–H groups in total. The van der Waals surface area contributed by atoms with Crippen molar-refractivity contribution < 1.29 is 0 Å². The molecule has 0 spiro atoms. The summed E-state index contributed by atoms with van der Waals surface area (Å²) in [7, 11) is 0. The summed E-state index contributed by atoms with van der Waals surface area (Å²) in [6.07, 6.45) is 1.88. The van der Waals surface area contributed by atoms with Crippen molar-refractivity contribution in [3.05, 3.63) is 234 Å². The quantitative estimate of drug-likeness (QED) is 0.164. The molecule has 0 unspecified atom stereocenters. The lowest BCUT2D eigenvalue weighted by atomic mass is 9.67. The first kappa shape index (κ1) is 33.9. The molecule has 0 fully saturated rings. The summed E-state index contributed by atoms with van der Waals surface area (Å²) in [5, 5.41) is 12.7. The summed E-state index contributed by atoms with van der Waals surface area (Å²) >= 11 is 0. The van der Waals surface area contributed by atoms with Crippen molar-refractivity contribution in [1.29, 1.82) is 5.26 Å². The van der Waals surface area contributed by atoms with E-state index in [-0.39, 0.29) is 0 Å². The first-order valence-electron chi connectivity index (χ1n) is 19.2. The summed E-state index contributed by atoms with van der Waals surface area (Å²) in [4.78, 5) is 10.5. The van der Waals surface area contributed by atoms with Gasteiger partial charge in [0.25, 0.3) is 0 Å². The fourth-order valence-corrected chi connectivity index (χ4v) is 8.81. The van der Waals surface area contributed by atoms with E-state index in [1.54, 1.807) is 0 Å². The van der Waals surface area contributed by atoms with Gasteiger partial charge in [-0.3, -0.25) is 0 Å². The third-order valence-corrected chi connectivity index (χ3v) is 11.4. The van der Waals surface area contributed by atoms with Crippen LogP contribution >= 0.6 is 0 Å². The van der Waals surface area contributed by atoms with E-state index >= 15 is 0 Å². The average Bonchev–Trinajstić information content (AvgIpc) is 3.60. The maximum Gasteiger partial charge on any atom is 0.160 e. The molecule has 3 heteroatoms. The van der Waals surface area contributed by atoms with E-state index in [1.807, 2.05) is 36.4 Å². The molecule has 0 bridgehead atoms. The zero-order chi connectivity index (χ0) is 38.3. The fourth-order valence-electron chi connectivity index (χ4n) is 8.81. The van der Waals surface area contributed by atoms with Crippen LogP contribution in [0.5, 0.6) is 0 Å². The Bertz CT molecular complexity index is 2990. The van der Waals surface area contributed by atoms with Crippen LogP contribution in [0.1, 0.15) is 33.4 Å². The topological polar surface area (TPSA) is 49.6 Å². The van der Waals surface area contributed by atoms with Gasteiger partial charge in [-0.2, -0.15) is 5.26 Å². The van der Waals surface area contributed by atoms with Crippen molar-refractivity contribution in [2.75, 3.05) is 0 Å². The van der Waals surface area contributed by atoms with Crippen LogP contribution in [0.15, 0.2) is 201 Å². The van der Waals surface area contributed by atoms with Gasteiger partial charge in [0.2, 0.25) is 0 Å². The number of nitrogens with zero attached hydrogens (tertiary/aromatic N) is 3. The highest BCUT2D eigenvalue weighted by Crippen LogP contribution is 2.57. The highest BCUT2D eigenvalue weighted by molar-refractivity contribution is 5.93. The fraction of sp³-hybridized carbons (Fsp3) is 0.0185. The molecule has 1 aliphatic rings. The maximum atomic E-state index is 10.4. The summed E-state index contributed by atoms with van der Waals surface area (Å²) < 4.78 is 0. The van der Waals surface area contributed by atoms with Crippen LogP contribution in [0.3, 0.4) is 0 Å². The van der Waals surface area contributed by atoms with Crippen LogP contribution in [0.25, 0.3) is 73.0 Å². The molecular formula is C54H35N3.